The number of nitrogens with zero attached hydrogens (tertiary/aromatic N) is 4. The molecule has 0 bridgehead atoms. The summed E-state index contributed by atoms with van der Waals surface area (Å²) in [7, 11) is 1.41. The van der Waals surface area contributed by atoms with Crippen LogP contribution in [-0.4, -0.2) is 38.8 Å². The minimum Gasteiger partial charge on any atom is -0.494 e. The van der Waals surface area contributed by atoms with E-state index in [1.165, 1.54) is 13.2 Å². The van der Waals surface area contributed by atoms with E-state index in [1.54, 1.807) is 48.5 Å². The minimum atomic E-state index is -0.557. The molecule has 7 nitrogen and oxygen atoms in total. The van der Waals surface area contributed by atoms with Crippen LogP contribution in [0.25, 0.3) is 16.8 Å². The van der Waals surface area contributed by atoms with E-state index < -0.39 is 5.82 Å². The fourth-order valence-corrected chi connectivity index (χ4v) is 4.40. The van der Waals surface area contributed by atoms with E-state index in [0.717, 1.165) is 35.4 Å². The summed E-state index contributed by atoms with van der Waals surface area (Å²) in [5.74, 6) is 6.06. The summed E-state index contributed by atoms with van der Waals surface area (Å²) in [6, 6.07) is 11.8. The van der Waals surface area contributed by atoms with Crippen LogP contribution in [0.4, 0.5) is 4.39 Å². The Morgan fingerprint density at radius 1 is 1.17 bits per heavy atom. The molecule has 8 heteroatoms. The standard InChI is InChI=1S/C27H23FN4O3/c1-3-6-24(33)31-15-5-7-20(31)27-30-26(21-17-29-14-16-32(21)27)18-10-12-19(13-11-18)35-23-9-4-8-22(34-2)25(23)28/h4,8-14,16-17,20H,5,7,15H2,1-2H3. The summed E-state index contributed by atoms with van der Waals surface area (Å²) in [4.78, 5) is 23.6. The Balaban J connectivity index is 1.48. The van der Waals surface area contributed by atoms with Gasteiger partial charge in [0.05, 0.1) is 30.6 Å². The van der Waals surface area contributed by atoms with E-state index in [-0.39, 0.29) is 23.4 Å². The van der Waals surface area contributed by atoms with Crippen LogP contribution < -0.4 is 9.47 Å². The maximum absolute atomic E-state index is 14.5. The number of carbonyl (C=O) groups is 1. The van der Waals surface area contributed by atoms with Crippen molar-refractivity contribution in [1.29, 1.82) is 0 Å². The topological polar surface area (TPSA) is 69.0 Å². The molecule has 1 saturated heterocycles. The molecule has 2 aromatic carbocycles. The molecule has 1 aliphatic rings. The normalized spacial score (nSPS) is 15.1. The molecule has 1 aliphatic heterocycles. The number of likely N-dealkylation sites (tertiary alicyclic amines) is 1. The Kier molecular flexibility index (Phi) is 6.06. The number of amides is 1. The van der Waals surface area contributed by atoms with Crippen LogP contribution in [0.3, 0.4) is 0 Å². The molecule has 4 aromatic rings. The van der Waals surface area contributed by atoms with Crippen molar-refractivity contribution in [2.45, 2.75) is 25.8 Å². The number of ether oxygens (including phenoxy) is 2. The highest BCUT2D eigenvalue weighted by Crippen LogP contribution is 2.36. The zero-order valence-electron chi connectivity index (χ0n) is 19.4. The fraction of sp³-hybridized carbons (Fsp3) is 0.222. The average Bonchev–Trinajstić information content (AvgIpc) is 3.51. The van der Waals surface area contributed by atoms with Crippen LogP contribution in [0.1, 0.15) is 31.6 Å². The van der Waals surface area contributed by atoms with Crippen LogP contribution in [0.5, 0.6) is 17.2 Å². The van der Waals surface area contributed by atoms with Crippen LogP contribution in [0.2, 0.25) is 0 Å². The Morgan fingerprint density at radius 3 is 2.74 bits per heavy atom. The molecule has 1 amide bonds. The molecule has 3 heterocycles. The molecule has 2 aromatic heterocycles. The second-order valence-electron chi connectivity index (χ2n) is 8.08. The first-order valence-electron chi connectivity index (χ1n) is 11.3. The molecule has 5 rings (SSSR count). The third kappa shape index (κ3) is 4.17. The van der Waals surface area contributed by atoms with Gasteiger partial charge in [0, 0.05) is 24.5 Å². The van der Waals surface area contributed by atoms with Gasteiger partial charge in [-0.1, -0.05) is 12.0 Å². The zero-order chi connectivity index (χ0) is 24.4. The van der Waals surface area contributed by atoms with Gasteiger partial charge in [-0.3, -0.25) is 14.2 Å². The van der Waals surface area contributed by atoms with Crippen molar-refractivity contribution in [3.63, 3.8) is 0 Å². The number of halogens is 1. The number of aromatic nitrogens is 3. The van der Waals surface area contributed by atoms with Crippen LogP contribution in [-0.2, 0) is 4.79 Å². The van der Waals surface area contributed by atoms with E-state index in [9.17, 15) is 9.18 Å². The summed E-state index contributed by atoms with van der Waals surface area (Å²) in [5, 5.41) is 0. The molecule has 1 atom stereocenters. The molecule has 1 unspecified atom stereocenters. The average molecular weight is 471 g/mol. The van der Waals surface area contributed by atoms with Gasteiger partial charge in [0.25, 0.3) is 5.91 Å². The Labute approximate surface area is 202 Å². The van der Waals surface area contributed by atoms with Gasteiger partial charge in [0.1, 0.15) is 11.6 Å². The first kappa shape index (κ1) is 22.4. The molecule has 176 valence electrons. The maximum Gasteiger partial charge on any atom is 0.299 e. The van der Waals surface area contributed by atoms with Crippen molar-refractivity contribution >= 4 is 11.4 Å². The largest absolute Gasteiger partial charge is 0.494 e. The number of hydrogen-bond donors (Lipinski definition) is 0. The lowest BCUT2D eigenvalue weighted by Gasteiger charge is -2.21. The smallest absolute Gasteiger partial charge is 0.299 e. The highest BCUT2D eigenvalue weighted by atomic mass is 19.1. The van der Waals surface area contributed by atoms with Crippen LogP contribution >= 0.6 is 0 Å². The predicted octanol–water partition coefficient (Wildman–Crippen LogP) is 5.02. The summed E-state index contributed by atoms with van der Waals surface area (Å²) in [6.07, 6.45) is 7.03. The van der Waals surface area contributed by atoms with Gasteiger partial charge in [0.15, 0.2) is 11.5 Å². The van der Waals surface area contributed by atoms with Crippen molar-refractivity contribution in [3.8, 4) is 40.3 Å². The molecule has 0 radical (unpaired) electrons. The second kappa shape index (κ2) is 9.47. The number of imidazole rings is 1. The van der Waals surface area contributed by atoms with E-state index in [2.05, 4.69) is 16.8 Å². The number of carbonyl (C=O) groups excluding carboxylic acids is 1. The van der Waals surface area contributed by atoms with Crippen LogP contribution in [0, 0.1) is 17.7 Å². The Bertz CT molecular complexity index is 1450. The lowest BCUT2D eigenvalue weighted by molar-refractivity contribution is -0.126. The number of benzene rings is 2. The molecule has 0 spiro atoms. The lowest BCUT2D eigenvalue weighted by Crippen LogP contribution is -2.30. The molecule has 0 saturated carbocycles. The number of hydrogen-bond acceptors (Lipinski definition) is 5. The second-order valence-corrected chi connectivity index (χ2v) is 8.08. The highest BCUT2D eigenvalue weighted by molar-refractivity contribution is 5.94. The van der Waals surface area contributed by atoms with Crippen molar-refractivity contribution < 1.29 is 18.7 Å². The molecule has 0 aliphatic carbocycles. The van der Waals surface area contributed by atoms with Gasteiger partial charge >= 0.3 is 0 Å². The van der Waals surface area contributed by atoms with Gasteiger partial charge in [-0.05, 0) is 62.1 Å². The van der Waals surface area contributed by atoms with E-state index >= 15 is 0 Å². The summed E-state index contributed by atoms with van der Waals surface area (Å²) < 4.78 is 27.2. The first-order chi connectivity index (χ1) is 17.1. The van der Waals surface area contributed by atoms with Gasteiger partial charge in [-0.25, -0.2) is 4.98 Å². The number of methoxy groups -OCH3 is 1. The molecular formula is C27H23FN4O3. The fourth-order valence-electron chi connectivity index (χ4n) is 4.40. The highest BCUT2D eigenvalue weighted by Gasteiger charge is 2.33. The Hall–Kier alpha value is -4.38. The number of rotatable bonds is 5. The first-order valence-corrected chi connectivity index (χ1v) is 11.3. The monoisotopic (exact) mass is 470 g/mol. The van der Waals surface area contributed by atoms with E-state index in [4.69, 9.17) is 14.5 Å². The van der Waals surface area contributed by atoms with Crippen molar-refractivity contribution in [3.05, 3.63) is 72.7 Å². The van der Waals surface area contributed by atoms with E-state index in [1.807, 2.05) is 22.7 Å². The van der Waals surface area contributed by atoms with Gasteiger partial charge < -0.3 is 14.4 Å². The molecule has 1 fully saturated rings. The van der Waals surface area contributed by atoms with Crippen molar-refractivity contribution in [2.75, 3.05) is 13.7 Å². The molecular weight excluding hydrogens is 447 g/mol. The van der Waals surface area contributed by atoms with Gasteiger partial charge in [-0.15, -0.1) is 0 Å². The lowest BCUT2D eigenvalue weighted by atomic mass is 10.1. The summed E-state index contributed by atoms with van der Waals surface area (Å²) in [6.45, 7) is 2.31. The van der Waals surface area contributed by atoms with Crippen molar-refractivity contribution in [1.82, 2.24) is 19.3 Å². The maximum atomic E-state index is 14.5. The third-order valence-corrected chi connectivity index (χ3v) is 6.02. The summed E-state index contributed by atoms with van der Waals surface area (Å²) >= 11 is 0. The number of fused-ring (bicyclic) bond motifs is 1. The molecule has 35 heavy (non-hydrogen) atoms. The summed E-state index contributed by atoms with van der Waals surface area (Å²) in [5.41, 5.74) is 2.42. The van der Waals surface area contributed by atoms with E-state index in [0.29, 0.717) is 12.3 Å². The zero-order valence-corrected chi connectivity index (χ0v) is 19.4. The SMILES string of the molecule is CC#CC(=O)N1CCCC1c1nc(-c2ccc(Oc3cccc(OC)c3F)cc2)c2cnccn12. The third-order valence-electron chi connectivity index (χ3n) is 6.02. The minimum absolute atomic E-state index is 0.0807. The van der Waals surface area contributed by atoms with Crippen LogP contribution in [0.15, 0.2) is 61.1 Å². The molecule has 0 N–H and O–H groups in total. The Morgan fingerprint density at radius 2 is 1.97 bits per heavy atom. The van der Waals surface area contributed by atoms with Gasteiger partial charge in [0.2, 0.25) is 5.82 Å². The predicted molar refractivity (Wildman–Crippen MR) is 129 cm³/mol. The van der Waals surface area contributed by atoms with Gasteiger partial charge in [-0.2, -0.15) is 4.39 Å². The van der Waals surface area contributed by atoms with Crippen molar-refractivity contribution in [2.24, 2.45) is 0 Å². The quantitative estimate of drug-likeness (QED) is 0.383.